The lowest BCUT2D eigenvalue weighted by Crippen LogP contribution is -2.32. The first-order valence-electron chi connectivity index (χ1n) is 20.1. The van der Waals surface area contributed by atoms with Crippen molar-refractivity contribution in [3.8, 4) is 56.3 Å². The lowest BCUT2D eigenvalue weighted by atomic mass is 9.65. The Morgan fingerprint density at radius 2 is 1.07 bits per heavy atom. The first-order chi connectivity index (χ1) is 28.7. The molecule has 0 fully saturated rings. The van der Waals surface area contributed by atoms with E-state index in [0.29, 0.717) is 0 Å². The van der Waals surface area contributed by atoms with Crippen LogP contribution in [0, 0.1) is 0 Å². The first kappa shape index (κ1) is 32.8. The number of allylic oxidation sites excluding steroid dienone is 4. The Balaban J connectivity index is 0.984. The number of ether oxygens (including phenoxy) is 1. The molecule has 1 spiro atoms. The number of fused-ring (bicyclic) bond motifs is 12. The van der Waals surface area contributed by atoms with Gasteiger partial charge < -0.3 is 4.74 Å². The molecule has 12 rings (SSSR count). The van der Waals surface area contributed by atoms with Crippen molar-refractivity contribution in [2.45, 2.75) is 18.3 Å². The number of rotatable bonds is 4. The van der Waals surface area contributed by atoms with Crippen LogP contribution in [0.4, 0.5) is 0 Å². The molecule has 9 aromatic rings. The molecule has 0 saturated carbocycles. The highest BCUT2D eigenvalue weighted by Crippen LogP contribution is 2.63. The van der Waals surface area contributed by atoms with Gasteiger partial charge >= 0.3 is 0 Å². The van der Waals surface area contributed by atoms with E-state index in [1.807, 2.05) is 0 Å². The maximum atomic E-state index is 6.96. The van der Waals surface area contributed by atoms with Crippen molar-refractivity contribution in [3.05, 3.63) is 222 Å². The molecular formula is C55H36N2O. The van der Waals surface area contributed by atoms with Gasteiger partial charge in [-0.05, 0) is 80.4 Å². The topological polar surface area (TPSA) is 35.0 Å². The van der Waals surface area contributed by atoms with Crippen molar-refractivity contribution < 1.29 is 4.74 Å². The Bertz CT molecular complexity index is 3160. The Kier molecular flexibility index (Phi) is 7.27. The van der Waals surface area contributed by atoms with Crippen molar-refractivity contribution in [1.29, 1.82) is 0 Å². The molecule has 0 unspecified atom stereocenters. The van der Waals surface area contributed by atoms with Gasteiger partial charge in [0, 0.05) is 33.4 Å². The molecule has 58 heavy (non-hydrogen) atoms. The molecule has 3 aliphatic rings. The van der Waals surface area contributed by atoms with Gasteiger partial charge in [-0.1, -0.05) is 176 Å². The molecule has 2 heterocycles. The van der Waals surface area contributed by atoms with Crippen LogP contribution >= 0.6 is 0 Å². The lowest BCUT2D eigenvalue weighted by molar-refractivity contribution is 0.438. The lowest BCUT2D eigenvalue weighted by Gasteiger charge is -2.40. The van der Waals surface area contributed by atoms with E-state index < -0.39 is 5.41 Å². The van der Waals surface area contributed by atoms with Gasteiger partial charge in [0.05, 0.1) is 16.8 Å². The van der Waals surface area contributed by atoms with E-state index in [0.717, 1.165) is 74.9 Å². The zero-order valence-electron chi connectivity index (χ0n) is 31.7. The summed E-state index contributed by atoms with van der Waals surface area (Å²) in [7, 11) is 0. The van der Waals surface area contributed by atoms with Gasteiger partial charge in [-0.3, -0.25) is 0 Å². The van der Waals surface area contributed by atoms with Crippen molar-refractivity contribution in [1.82, 2.24) is 9.97 Å². The van der Waals surface area contributed by atoms with E-state index >= 15 is 0 Å². The second kappa shape index (κ2) is 12.8. The highest BCUT2D eigenvalue weighted by molar-refractivity contribution is 6.08. The fourth-order valence-corrected chi connectivity index (χ4v) is 9.75. The molecule has 272 valence electrons. The molecule has 0 atom stereocenters. The quantitative estimate of drug-likeness (QED) is 0.169. The van der Waals surface area contributed by atoms with E-state index in [1.165, 1.54) is 49.4 Å². The summed E-state index contributed by atoms with van der Waals surface area (Å²) < 4.78 is 6.96. The van der Waals surface area contributed by atoms with Crippen LogP contribution in [0.25, 0.3) is 71.9 Å². The average molecular weight is 741 g/mol. The summed E-state index contributed by atoms with van der Waals surface area (Å²) >= 11 is 0. The number of aromatic nitrogens is 2. The van der Waals surface area contributed by atoms with Crippen molar-refractivity contribution in [2.24, 2.45) is 0 Å². The van der Waals surface area contributed by atoms with E-state index in [-0.39, 0.29) is 0 Å². The summed E-state index contributed by atoms with van der Waals surface area (Å²) in [4.78, 5) is 10.4. The Morgan fingerprint density at radius 1 is 0.448 bits per heavy atom. The second-order valence-electron chi connectivity index (χ2n) is 15.5. The van der Waals surface area contributed by atoms with E-state index in [9.17, 15) is 0 Å². The third-order valence-electron chi connectivity index (χ3n) is 12.4. The minimum atomic E-state index is -0.501. The Labute approximate surface area is 337 Å². The van der Waals surface area contributed by atoms with Crippen LogP contribution in [0.5, 0.6) is 11.5 Å². The predicted octanol–water partition coefficient (Wildman–Crippen LogP) is 14.0. The van der Waals surface area contributed by atoms with Gasteiger partial charge in [0.25, 0.3) is 0 Å². The normalized spacial score (nSPS) is 14.4. The molecule has 0 N–H and O–H groups in total. The summed E-state index contributed by atoms with van der Waals surface area (Å²) in [6.45, 7) is 0. The average Bonchev–Trinajstić information content (AvgIpc) is 3.59. The van der Waals surface area contributed by atoms with Gasteiger partial charge in [-0.25, -0.2) is 9.97 Å². The number of nitrogens with zero attached hydrogens (tertiary/aromatic N) is 2. The van der Waals surface area contributed by atoms with Gasteiger partial charge in [0.2, 0.25) is 0 Å². The first-order valence-corrected chi connectivity index (χ1v) is 20.1. The monoisotopic (exact) mass is 740 g/mol. The van der Waals surface area contributed by atoms with Gasteiger partial charge in [-0.2, -0.15) is 0 Å². The molecule has 0 bridgehead atoms. The molecule has 1 aromatic heterocycles. The van der Waals surface area contributed by atoms with Crippen LogP contribution in [0.3, 0.4) is 0 Å². The maximum absolute atomic E-state index is 6.96. The third kappa shape index (κ3) is 4.86. The summed E-state index contributed by atoms with van der Waals surface area (Å²) in [5.74, 6) is 2.53. The fourth-order valence-electron chi connectivity index (χ4n) is 9.75. The zero-order valence-corrected chi connectivity index (χ0v) is 31.7. The summed E-state index contributed by atoms with van der Waals surface area (Å²) in [6.07, 6.45) is 8.65. The van der Waals surface area contributed by atoms with Crippen molar-refractivity contribution >= 4 is 27.1 Å². The molecular weight excluding hydrogens is 705 g/mol. The molecule has 1 aliphatic heterocycles. The Hall–Kier alpha value is -7.36. The second-order valence-corrected chi connectivity index (χ2v) is 15.5. The summed E-state index contributed by atoms with van der Waals surface area (Å²) in [6, 6.07) is 63.6. The molecule has 8 aromatic carbocycles. The van der Waals surface area contributed by atoms with E-state index in [2.05, 4.69) is 194 Å². The largest absolute Gasteiger partial charge is 0.456 e. The molecule has 2 aliphatic carbocycles. The van der Waals surface area contributed by atoms with Crippen LogP contribution in [0.2, 0.25) is 0 Å². The van der Waals surface area contributed by atoms with Gasteiger partial charge in [-0.15, -0.1) is 0 Å². The zero-order chi connectivity index (χ0) is 38.2. The number of para-hydroxylation sites is 2. The molecule has 3 heteroatoms. The molecule has 0 radical (unpaired) electrons. The minimum absolute atomic E-state index is 0.501. The van der Waals surface area contributed by atoms with E-state index in [1.54, 1.807) is 0 Å². The Morgan fingerprint density at radius 3 is 1.86 bits per heavy atom. The molecule has 0 amide bonds. The van der Waals surface area contributed by atoms with Crippen LogP contribution in [0.1, 0.15) is 40.9 Å². The fraction of sp³-hybridized carbons (Fsp3) is 0.0545. The minimum Gasteiger partial charge on any atom is -0.456 e. The maximum Gasteiger partial charge on any atom is 0.160 e. The highest BCUT2D eigenvalue weighted by atomic mass is 16.5. The molecule has 3 nitrogen and oxygen atoms in total. The number of hydrogen-bond donors (Lipinski definition) is 0. The van der Waals surface area contributed by atoms with Crippen LogP contribution < -0.4 is 4.74 Å². The third-order valence-corrected chi connectivity index (χ3v) is 12.4. The van der Waals surface area contributed by atoms with Crippen LogP contribution in [-0.4, -0.2) is 9.97 Å². The number of benzene rings is 8. The van der Waals surface area contributed by atoms with Crippen molar-refractivity contribution in [3.63, 3.8) is 0 Å². The number of hydrogen-bond acceptors (Lipinski definition) is 3. The van der Waals surface area contributed by atoms with Crippen molar-refractivity contribution in [2.75, 3.05) is 0 Å². The smallest absolute Gasteiger partial charge is 0.160 e. The van der Waals surface area contributed by atoms with Crippen LogP contribution in [0.15, 0.2) is 194 Å². The van der Waals surface area contributed by atoms with Gasteiger partial charge in [0.1, 0.15) is 11.5 Å². The van der Waals surface area contributed by atoms with Gasteiger partial charge in [0.15, 0.2) is 5.82 Å². The molecule has 0 saturated heterocycles. The van der Waals surface area contributed by atoms with E-state index in [4.69, 9.17) is 14.7 Å². The highest BCUT2D eigenvalue weighted by Gasteiger charge is 2.51. The summed E-state index contributed by atoms with van der Waals surface area (Å²) in [5, 5.41) is 4.94. The summed E-state index contributed by atoms with van der Waals surface area (Å²) in [5.41, 5.74) is 14.1. The predicted molar refractivity (Wildman–Crippen MR) is 237 cm³/mol. The SMILES string of the molecule is C1=CC(c2nc(-c3ccc(-c4cccc5c4Oc4ccccc4C54c5ccccc5-c5ccccc54)cc3)cc(-c3ccc4c(ccc5ccccc54)c3)n2)=CCC1. The standard InChI is InChI=1S/C55H36N2O/c1-2-14-38(15-3-1)54-56-50(34-51(57-54)40-31-32-42-39(33-40)30-27-35-13-4-5-16-41(35)42)37-28-25-36(26-29-37)43-19-12-23-49-53(43)58-52-24-11-10-22-48(52)55(49)46-20-8-6-17-44(46)45-18-7-9-21-47(45)55/h2,4-34H,1,3H2. The van der Waals surface area contributed by atoms with Crippen LogP contribution in [-0.2, 0) is 5.41 Å².